The van der Waals surface area contributed by atoms with Gasteiger partial charge in [-0.3, -0.25) is 4.79 Å². The molecule has 1 fully saturated rings. The molecule has 1 aromatic carbocycles. The molecule has 0 heterocycles. The molecule has 0 bridgehead atoms. The smallest absolute Gasteiger partial charge is 0.233 e. The first-order valence-corrected chi connectivity index (χ1v) is 8.22. The summed E-state index contributed by atoms with van der Waals surface area (Å²) in [4.78, 5) is 13.1. The zero-order valence-electron chi connectivity index (χ0n) is 12.5. The van der Waals surface area contributed by atoms with E-state index in [9.17, 15) is 4.79 Å². The van der Waals surface area contributed by atoms with E-state index in [1.807, 2.05) is 6.92 Å². The van der Waals surface area contributed by atoms with E-state index in [0.29, 0.717) is 12.1 Å². The SMILES string of the molecule is CC(C)NCc1cccc(SC(C)C(=O)NC2CC2)c1. The summed E-state index contributed by atoms with van der Waals surface area (Å²) in [6.45, 7) is 7.13. The molecule has 1 saturated carbocycles. The first-order valence-electron chi connectivity index (χ1n) is 7.34. The lowest BCUT2D eigenvalue weighted by Crippen LogP contribution is -2.32. The molecule has 1 aliphatic rings. The Balaban J connectivity index is 1.87. The minimum Gasteiger partial charge on any atom is -0.352 e. The van der Waals surface area contributed by atoms with Crippen LogP contribution in [-0.4, -0.2) is 23.2 Å². The van der Waals surface area contributed by atoms with Crippen molar-refractivity contribution in [3.8, 4) is 0 Å². The predicted molar refractivity (Wildman–Crippen MR) is 84.9 cm³/mol. The van der Waals surface area contributed by atoms with Crippen LogP contribution < -0.4 is 10.6 Å². The van der Waals surface area contributed by atoms with Gasteiger partial charge in [-0.15, -0.1) is 11.8 Å². The van der Waals surface area contributed by atoms with Gasteiger partial charge in [0, 0.05) is 23.5 Å². The van der Waals surface area contributed by atoms with Crippen molar-refractivity contribution in [3.63, 3.8) is 0 Å². The van der Waals surface area contributed by atoms with E-state index < -0.39 is 0 Å². The first kappa shape index (κ1) is 15.4. The van der Waals surface area contributed by atoms with Crippen LogP contribution in [0.3, 0.4) is 0 Å². The second kappa shape index (κ2) is 7.14. The number of thioether (sulfide) groups is 1. The lowest BCUT2D eigenvalue weighted by atomic mass is 10.2. The molecule has 4 heteroatoms. The highest BCUT2D eigenvalue weighted by Crippen LogP contribution is 2.26. The molecule has 1 aromatic rings. The molecule has 0 aromatic heterocycles. The van der Waals surface area contributed by atoms with Gasteiger partial charge in [0.05, 0.1) is 5.25 Å². The quantitative estimate of drug-likeness (QED) is 0.759. The summed E-state index contributed by atoms with van der Waals surface area (Å²) in [6, 6.07) is 9.34. The Morgan fingerprint density at radius 3 is 2.75 bits per heavy atom. The van der Waals surface area contributed by atoms with E-state index in [1.54, 1.807) is 11.8 Å². The molecule has 1 aliphatic carbocycles. The summed E-state index contributed by atoms with van der Waals surface area (Å²) in [5, 5.41) is 6.43. The molecule has 0 aliphatic heterocycles. The summed E-state index contributed by atoms with van der Waals surface area (Å²) in [5.41, 5.74) is 1.26. The van der Waals surface area contributed by atoms with Crippen LogP contribution in [0.25, 0.3) is 0 Å². The lowest BCUT2D eigenvalue weighted by Gasteiger charge is -2.13. The third-order valence-electron chi connectivity index (χ3n) is 3.22. The van der Waals surface area contributed by atoms with Crippen LogP contribution in [0, 0.1) is 0 Å². The summed E-state index contributed by atoms with van der Waals surface area (Å²) in [6.07, 6.45) is 2.28. The molecule has 1 amide bonds. The molecular formula is C16H24N2OS. The number of nitrogens with one attached hydrogen (secondary N) is 2. The van der Waals surface area contributed by atoms with Crippen molar-refractivity contribution in [3.05, 3.63) is 29.8 Å². The van der Waals surface area contributed by atoms with E-state index in [-0.39, 0.29) is 11.2 Å². The molecule has 0 radical (unpaired) electrons. The Hall–Kier alpha value is -1.00. The minimum atomic E-state index is -0.0380. The van der Waals surface area contributed by atoms with Gasteiger partial charge in [0.1, 0.15) is 0 Å². The van der Waals surface area contributed by atoms with Gasteiger partial charge in [0.25, 0.3) is 0 Å². The number of benzene rings is 1. The van der Waals surface area contributed by atoms with Crippen LogP contribution in [-0.2, 0) is 11.3 Å². The molecule has 0 saturated heterocycles. The highest BCUT2D eigenvalue weighted by atomic mass is 32.2. The third-order valence-corrected chi connectivity index (χ3v) is 4.31. The van der Waals surface area contributed by atoms with Gasteiger partial charge < -0.3 is 10.6 Å². The molecule has 110 valence electrons. The van der Waals surface area contributed by atoms with Crippen LogP contribution in [0.4, 0.5) is 0 Å². The topological polar surface area (TPSA) is 41.1 Å². The normalized spacial score (nSPS) is 16.2. The second-order valence-corrected chi connectivity index (χ2v) is 7.14. The van der Waals surface area contributed by atoms with Gasteiger partial charge in [-0.25, -0.2) is 0 Å². The number of hydrogen-bond acceptors (Lipinski definition) is 3. The average Bonchev–Trinajstić information content (AvgIpc) is 3.20. The number of carbonyl (C=O) groups excluding carboxylic acids is 1. The monoisotopic (exact) mass is 292 g/mol. The fraction of sp³-hybridized carbons (Fsp3) is 0.562. The van der Waals surface area contributed by atoms with Crippen molar-refractivity contribution in [1.82, 2.24) is 10.6 Å². The number of carbonyl (C=O) groups is 1. The van der Waals surface area contributed by atoms with E-state index >= 15 is 0 Å². The maximum absolute atomic E-state index is 12.0. The van der Waals surface area contributed by atoms with E-state index in [4.69, 9.17) is 0 Å². The second-order valence-electron chi connectivity index (χ2n) is 5.73. The van der Waals surface area contributed by atoms with Crippen LogP contribution in [0.1, 0.15) is 39.2 Å². The molecule has 20 heavy (non-hydrogen) atoms. The summed E-state index contributed by atoms with van der Waals surface area (Å²) >= 11 is 1.63. The predicted octanol–water partition coefficient (Wildman–Crippen LogP) is 2.94. The van der Waals surface area contributed by atoms with E-state index in [0.717, 1.165) is 24.3 Å². The Labute approximate surface area is 125 Å². The molecule has 2 rings (SSSR count). The Bertz CT molecular complexity index is 458. The van der Waals surface area contributed by atoms with Crippen LogP contribution in [0.5, 0.6) is 0 Å². The molecule has 0 spiro atoms. The number of rotatable bonds is 7. The highest BCUT2D eigenvalue weighted by molar-refractivity contribution is 8.00. The Morgan fingerprint density at radius 1 is 1.35 bits per heavy atom. The minimum absolute atomic E-state index is 0.0380. The van der Waals surface area contributed by atoms with Gasteiger partial charge in [0.2, 0.25) is 5.91 Å². The highest BCUT2D eigenvalue weighted by Gasteiger charge is 2.25. The summed E-state index contributed by atoms with van der Waals surface area (Å²) in [7, 11) is 0. The third kappa shape index (κ3) is 5.17. The van der Waals surface area contributed by atoms with Gasteiger partial charge in [-0.05, 0) is 37.5 Å². The van der Waals surface area contributed by atoms with Crippen molar-refractivity contribution in [1.29, 1.82) is 0 Å². The van der Waals surface area contributed by atoms with Gasteiger partial charge in [-0.2, -0.15) is 0 Å². The van der Waals surface area contributed by atoms with Crippen LogP contribution >= 0.6 is 11.8 Å². The maximum Gasteiger partial charge on any atom is 0.233 e. The number of amides is 1. The van der Waals surface area contributed by atoms with Crippen molar-refractivity contribution >= 4 is 17.7 Å². The van der Waals surface area contributed by atoms with E-state index in [2.05, 4.69) is 48.7 Å². The first-order chi connectivity index (χ1) is 9.54. The molecule has 1 unspecified atom stereocenters. The number of hydrogen-bond donors (Lipinski definition) is 2. The zero-order valence-corrected chi connectivity index (χ0v) is 13.3. The van der Waals surface area contributed by atoms with Crippen LogP contribution in [0.2, 0.25) is 0 Å². The average molecular weight is 292 g/mol. The van der Waals surface area contributed by atoms with Gasteiger partial charge in [0.15, 0.2) is 0 Å². The van der Waals surface area contributed by atoms with Gasteiger partial charge >= 0.3 is 0 Å². The Morgan fingerprint density at radius 2 is 2.10 bits per heavy atom. The van der Waals surface area contributed by atoms with Crippen LogP contribution in [0.15, 0.2) is 29.2 Å². The summed E-state index contributed by atoms with van der Waals surface area (Å²) in [5.74, 6) is 0.156. The molecular weight excluding hydrogens is 268 g/mol. The maximum atomic E-state index is 12.0. The van der Waals surface area contributed by atoms with Crippen molar-refractivity contribution < 1.29 is 4.79 Å². The molecule has 1 atom stereocenters. The fourth-order valence-electron chi connectivity index (χ4n) is 1.85. The summed E-state index contributed by atoms with van der Waals surface area (Å²) < 4.78 is 0. The standard InChI is InChI=1S/C16H24N2OS/c1-11(2)17-10-13-5-4-6-15(9-13)20-12(3)16(19)18-14-7-8-14/h4-6,9,11-12,14,17H,7-8,10H2,1-3H3,(H,18,19). The largest absolute Gasteiger partial charge is 0.352 e. The van der Waals surface area contributed by atoms with Crippen molar-refractivity contribution in [2.45, 2.75) is 62.4 Å². The fourth-order valence-corrected chi connectivity index (χ4v) is 2.81. The molecule has 3 nitrogen and oxygen atoms in total. The lowest BCUT2D eigenvalue weighted by molar-refractivity contribution is -0.120. The molecule has 2 N–H and O–H groups in total. The van der Waals surface area contributed by atoms with E-state index in [1.165, 1.54) is 5.56 Å². The zero-order chi connectivity index (χ0) is 14.5. The van der Waals surface area contributed by atoms with Gasteiger partial charge in [-0.1, -0.05) is 26.0 Å². The Kier molecular flexibility index (Phi) is 5.49. The van der Waals surface area contributed by atoms with Crippen molar-refractivity contribution in [2.75, 3.05) is 0 Å². The van der Waals surface area contributed by atoms with Crippen molar-refractivity contribution in [2.24, 2.45) is 0 Å².